The third-order valence-electron chi connectivity index (χ3n) is 19.5. The Hall–Kier alpha value is -1.23. The number of carboxylic acids is 1. The van der Waals surface area contributed by atoms with Crippen molar-refractivity contribution in [2.75, 3.05) is 31.1 Å². The zero-order valence-corrected chi connectivity index (χ0v) is 36.8. The van der Waals surface area contributed by atoms with Crippen LogP contribution in [0.25, 0.3) is 0 Å². The van der Waals surface area contributed by atoms with Crippen LogP contribution in [0.3, 0.4) is 0 Å². The van der Waals surface area contributed by atoms with Gasteiger partial charge >= 0.3 is 11.9 Å². The average molecular weight is 789 g/mol. The Kier molecular flexibility index (Phi) is 10.6. The van der Waals surface area contributed by atoms with Crippen molar-refractivity contribution in [1.29, 1.82) is 0 Å². The van der Waals surface area contributed by atoms with E-state index in [4.69, 9.17) is 4.74 Å². The number of ether oxygens (including phenoxy) is 1. The zero-order chi connectivity index (χ0) is 40.3. The third kappa shape index (κ3) is 6.40. The standard InChI is InChI=1S/C45H76N2O7S/c1-27(2)29-13-18-45(46-26-33(28(3)48)47-21-23-55(52,53)24-22-47)20-19-43(9)30(37(29)45)11-12-35-42(8)16-15-36(41(6,7)34(42)14-17-44(35,43)10)54-39(51)32-25-31(38(49)50)40(32,4)5/h27-37,46,48H,11-26H2,1-10H3,(H,49,50)/t28-,29+,30-,31-,32+,33-,34+,35-,36+,37-,42+,43-,44-,45+/m1/s1. The predicted molar refractivity (Wildman–Crippen MR) is 216 cm³/mol. The summed E-state index contributed by atoms with van der Waals surface area (Å²) in [6.45, 7) is 24.9. The summed E-state index contributed by atoms with van der Waals surface area (Å²) in [4.78, 5) is 27.6. The number of nitrogens with zero attached hydrogens (tertiary/aromatic N) is 1. The summed E-state index contributed by atoms with van der Waals surface area (Å²) < 4.78 is 31.0. The first-order valence-corrected chi connectivity index (χ1v) is 24.1. The van der Waals surface area contributed by atoms with Crippen molar-refractivity contribution in [3.8, 4) is 0 Å². The number of hydrogen-bond donors (Lipinski definition) is 3. The van der Waals surface area contributed by atoms with Gasteiger partial charge in [0.25, 0.3) is 0 Å². The van der Waals surface area contributed by atoms with E-state index in [9.17, 15) is 28.2 Å². The van der Waals surface area contributed by atoms with Gasteiger partial charge in [0.05, 0.1) is 29.4 Å². The van der Waals surface area contributed by atoms with Gasteiger partial charge in [0, 0.05) is 36.6 Å². The van der Waals surface area contributed by atoms with Crippen molar-refractivity contribution in [2.45, 2.75) is 164 Å². The molecule has 7 fully saturated rings. The van der Waals surface area contributed by atoms with Crippen LogP contribution < -0.4 is 5.32 Å². The molecule has 1 saturated heterocycles. The van der Waals surface area contributed by atoms with Crippen LogP contribution in [0.4, 0.5) is 0 Å². The lowest BCUT2D eigenvalue weighted by Gasteiger charge is -2.73. The largest absolute Gasteiger partial charge is 0.481 e. The molecule has 0 aromatic rings. The van der Waals surface area contributed by atoms with E-state index < -0.39 is 33.2 Å². The summed E-state index contributed by atoms with van der Waals surface area (Å²) in [6.07, 6.45) is 11.2. The molecule has 7 rings (SSSR count). The molecule has 55 heavy (non-hydrogen) atoms. The Balaban J connectivity index is 1.10. The minimum atomic E-state index is -2.99. The van der Waals surface area contributed by atoms with Crippen LogP contribution >= 0.6 is 0 Å². The van der Waals surface area contributed by atoms with E-state index >= 15 is 0 Å². The monoisotopic (exact) mass is 789 g/mol. The van der Waals surface area contributed by atoms with Gasteiger partial charge in [-0.2, -0.15) is 0 Å². The minimum Gasteiger partial charge on any atom is -0.481 e. The Bertz CT molecular complexity index is 1600. The SMILES string of the molecule is CC(C)[C@@H]1CC[C@]2(NC[C@H]([C@@H](C)O)N3CCS(=O)(=O)CC3)CC[C@]3(C)[C@H](CC[C@@H]4[C@@]5(C)CC[C@H](OC(=O)[C@@H]6C[C@H](C(=O)O)C6(C)C)C(C)(C)[C@@H]5CC[C@]43C)[C@@H]12. The first-order chi connectivity index (χ1) is 25.5. The molecule has 0 bridgehead atoms. The average Bonchev–Trinajstić information content (AvgIpc) is 3.46. The second-order valence-corrected chi connectivity index (χ2v) is 24.8. The number of nitrogens with one attached hydrogen (secondary N) is 1. The molecule has 14 atom stereocenters. The van der Waals surface area contributed by atoms with E-state index in [1.807, 2.05) is 20.8 Å². The first-order valence-electron chi connectivity index (χ1n) is 22.3. The van der Waals surface area contributed by atoms with Gasteiger partial charge in [-0.3, -0.25) is 14.5 Å². The van der Waals surface area contributed by atoms with Crippen molar-refractivity contribution in [3.05, 3.63) is 0 Å². The number of carboxylic acid groups (broad SMARTS) is 1. The van der Waals surface area contributed by atoms with Gasteiger partial charge < -0.3 is 20.3 Å². The van der Waals surface area contributed by atoms with E-state index in [2.05, 4.69) is 58.7 Å². The van der Waals surface area contributed by atoms with Gasteiger partial charge in [-0.1, -0.05) is 62.3 Å². The summed E-state index contributed by atoms with van der Waals surface area (Å²) >= 11 is 0. The topological polar surface area (TPSA) is 133 Å². The summed E-state index contributed by atoms with van der Waals surface area (Å²) in [7, 11) is -2.99. The molecule has 1 heterocycles. The number of carbonyl (C=O) groups excluding carboxylic acids is 1. The van der Waals surface area contributed by atoms with Gasteiger partial charge in [0.15, 0.2) is 9.84 Å². The van der Waals surface area contributed by atoms with E-state index in [0.29, 0.717) is 61.6 Å². The van der Waals surface area contributed by atoms with Gasteiger partial charge in [0.2, 0.25) is 0 Å². The molecule has 0 unspecified atom stereocenters. The molecule has 0 aromatic heterocycles. The maximum absolute atomic E-state index is 13.6. The molecule has 1 aliphatic heterocycles. The van der Waals surface area contributed by atoms with Crippen molar-refractivity contribution < 1.29 is 33.0 Å². The quantitative estimate of drug-likeness (QED) is 0.208. The number of fused-ring (bicyclic) bond motifs is 7. The lowest BCUT2D eigenvalue weighted by atomic mass is 9.32. The summed E-state index contributed by atoms with van der Waals surface area (Å²) in [6, 6.07) is -0.0972. The highest BCUT2D eigenvalue weighted by Gasteiger charge is 2.71. The molecule has 6 saturated carbocycles. The Labute approximate surface area is 333 Å². The molecular weight excluding hydrogens is 713 g/mol. The van der Waals surface area contributed by atoms with E-state index in [0.717, 1.165) is 25.7 Å². The number of aliphatic hydroxyl groups excluding tert-OH is 1. The molecule has 9 nitrogen and oxygen atoms in total. The van der Waals surface area contributed by atoms with Crippen LogP contribution in [0, 0.1) is 74.4 Å². The number of rotatable bonds is 9. The van der Waals surface area contributed by atoms with Gasteiger partial charge in [-0.25, -0.2) is 8.42 Å². The highest BCUT2D eigenvalue weighted by Crippen LogP contribution is 2.76. The third-order valence-corrected chi connectivity index (χ3v) is 21.1. The van der Waals surface area contributed by atoms with Crippen molar-refractivity contribution in [2.24, 2.45) is 74.4 Å². The van der Waals surface area contributed by atoms with E-state index in [-0.39, 0.29) is 62.7 Å². The first kappa shape index (κ1) is 41.9. The maximum Gasteiger partial charge on any atom is 0.309 e. The lowest BCUT2D eigenvalue weighted by Crippen LogP contribution is -2.69. The fourth-order valence-electron chi connectivity index (χ4n) is 15.8. The minimum absolute atomic E-state index is 0.0435. The van der Waals surface area contributed by atoms with Crippen LogP contribution in [0.2, 0.25) is 0 Å². The number of sulfone groups is 1. The van der Waals surface area contributed by atoms with Crippen LogP contribution in [-0.4, -0.2) is 90.4 Å². The van der Waals surface area contributed by atoms with Crippen LogP contribution in [-0.2, 0) is 24.2 Å². The van der Waals surface area contributed by atoms with Gasteiger partial charge in [-0.05, 0) is 135 Å². The molecule has 0 amide bonds. The van der Waals surface area contributed by atoms with Gasteiger partial charge in [-0.15, -0.1) is 0 Å². The van der Waals surface area contributed by atoms with Crippen molar-refractivity contribution >= 4 is 21.8 Å². The normalized spacial score (nSPS) is 46.9. The highest BCUT2D eigenvalue weighted by atomic mass is 32.2. The Morgan fingerprint density at radius 2 is 1.47 bits per heavy atom. The number of aliphatic hydroxyl groups is 1. The maximum atomic E-state index is 13.6. The lowest BCUT2D eigenvalue weighted by molar-refractivity contribution is -0.249. The molecule has 0 aromatic carbocycles. The van der Waals surface area contributed by atoms with Crippen LogP contribution in [0.1, 0.15) is 140 Å². The number of aliphatic carboxylic acids is 1. The smallest absolute Gasteiger partial charge is 0.309 e. The molecule has 0 spiro atoms. The predicted octanol–water partition coefficient (Wildman–Crippen LogP) is 7.20. The summed E-state index contributed by atoms with van der Waals surface area (Å²) in [5.41, 5.74) is -0.131. The van der Waals surface area contributed by atoms with Crippen LogP contribution in [0.5, 0.6) is 0 Å². The Morgan fingerprint density at radius 3 is 2.07 bits per heavy atom. The molecule has 3 N–H and O–H groups in total. The van der Waals surface area contributed by atoms with Crippen LogP contribution in [0.15, 0.2) is 0 Å². The van der Waals surface area contributed by atoms with Gasteiger partial charge in [0.1, 0.15) is 6.10 Å². The molecule has 10 heteroatoms. The summed E-state index contributed by atoms with van der Waals surface area (Å²) in [5.74, 6) is 2.01. The van der Waals surface area contributed by atoms with Crippen molar-refractivity contribution in [3.63, 3.8) is 0 Å². The molecule has 6 aliphatic carbocycles. The van der Waals surface area contributed by atoms with Crippen molar-refractivity contribution in [1.82, 2.24) is 10.2 Å². The summed E-state index contributed by atoms with van der Waals surface area (Å²) in [5, 5.41) is 24.9. The van der Waals surface area contributed by atoms with E-state index in [1.165, 1.54) is 38.5 Å². The molecular formula is C45H76N2O7S. The highest BCUT2D eigenvalue weighted by molar-refractivity contribution is 7.91. The molecule has 314 valence electrons. The molecule has 0 radical (unpaired) electrons. The number of esters is 1. The molecule has 7 aliphatic rings. The zero-order valence-electron chi connectivity index (χ0n) is 36.0. The fourth-order valence-corrected chi connectivity index (χ4v) is 17.1. The fraction of sp³-hybridized carbons (Fsp3) is 0.956. The Morgan fingerprint density at radius 1 is 0.800 bits per heavy atom. The second-order valence-electron chi connectivity index (χ2n) is 22.5. The second kappa shape index (κ2) is 13.9. The number of carbonyl (C=O) groups is 2. The van der Waals surface area contributed by atoms with E-state index in [1.54, 1.807) is 0 Å². The number of hydrogen-bond acceptors (Lipinski definition) is 8.